The maximum Gasteiger partial charge on any atom is 0.196 e. The maximum atomic E-state index is 12.3. The highest BCUT2D eigenvalue weighted by Crippen LogP contribution is 2.39. The molecule has 0 aliphatic carbocycles. The average Bonchev–Trinajstić information content (AvgIpc) is 2.45. The average molecular weight is 191 g/mol. The van der Waals surface area contributed by atoms with Crippen molar-refractivity contribution in [1.29, 1.82) is 0 Å². The lowest BCUT2D eigenvalue weighted by Gasteiger charge is -2.38. The first kappa shape index (κ1) is 9.18. The minimum absolute atomic E-state index is 0.0661. The van der Waals surface area contributed by atoms with Gasteiger partial charge in [-0.2, -0.15) is 4.99 Å². The molecule has 1 aromatic rings. The van der Waals surface area contributed by atoms with E-state index < -0.39 is 4.65 Å². The largest absolute Gasteiger partial charge is 0.621 e. The predicted octanol–water partition coefficient (Wildman–Crippen LogP) is 2.16. The molecule has 1 aliphatic heterocycles. The Bertz CT molecular complexity index is 400. The molecule has 14 heavy (non-hydrogen) atoms. The minimum Gasteiger partial charge on any atom is -0.621 e. The Morgan fingerprint density at radius 2 is 2.14 bits per heavy atom. The highest BCUT2D eigenvalue weighted by molar-refractivity contribution is 5.90. The van der Waals surface area contributed by atoms with Gasteiger partial charge >= 0.3 is 0 Å². The molecule has 0 amide bonds. The summed E-state index contributed by atoms with van der Waals surface area (Å²) in [5.41, 5.74) is 7.61. The zero-order valence-corrected chi connectivity index (χ0v) is 8.27. The van der Waals surface area contributed by atoms with Crippen LogP contribution >= 0.6 is 0 Å². The van der Waals surface area contributed by atoms with Gasteiger partial charge in [-0.3, -0.25) is 4.65 Å². The van der Waals surface area contributed by atoms with Crippen LogP contribution in [0.15, 0.2) is 23.2 Å². The van der Waals surface area contributed by atoms with E-state index in [-0.39, 0.29) is 6.04 Å². The molecule has 0 saturated heterocycles. The minimum atomic E-state index is -0.490. The summed E-state index contributed by atoms with van der Waals surface area (Å²) >= 11 is 0. The van der Waals surface area contributed by atoms with E-state index >= 15 is 0 Å². The van der Waals surface area contributed by atoms with Crippen molar-refractivity contribution in [2.45, 2.75) is 19.9 Å². The summed E-state index contributed by atoms with van der Waals surface area (Å²) in [7, 11) is 0. The van der Waals surface area contributed by atoms with Gasteiger partial charge in [0.05, 0.1) is 6.04 Å². The molecule has 0 bridgehead atoms. The van der Waals surface area contributed by atoms with Crippen LogP contribution in [-0.4, -0.2) is 12.4 Å². The second kappa shape index (κ2) is 2.80. The van der Waals surface area contributed by atoms with Crippen LogP contribution in [0, 0.1) is 5.21 Å². The van der Waals surface area contributed by atoms with Crippen molar-refractivity contribution >= 4 is 23.4 Å². The van der Waals surface area contributed by atoms with E-state index in [1.807, 2.05) is 13.8 Å². The van der Waals surface area contributed by atoms with E-state index in [0.29, 0.717) is 17.1 Å². The molecular formula is C10H13N3O. The lowest BCUT2D eigenvalue weighted by molar-refractivity contribution is 0.468. The van der Waals surface area contributed by atoms with Crippen LogP contribution in [0.4, 0.5) is 17.1 Å². The third kappa shape index (κ3) is 1.12. The monoisotopic (exact) mass is 191 g/mol. The van der Waals surface area contributed by atoms with Gasteiger partial charge in [-0.25, -0.2) is 0 Å². The summed E-state index contributed by atoms with van der Waals surface area (Å²) in [4.78, 5) is 4.09. The molecule has 2 rings (SSSR count). The fraction of sp³-hybridized carbons (Fsp3) is 0.300. The number of nitrogens with zero attached hydrogens (tertiary/aromatic N) is 2. The summed E-state index contributed by atoms with van der Waals surface area (Å²) in [6, 6.07) is 5.15. The lowest BCUT2D eigenvalue weighted by Crippen LogP contribution is -2.46. The van der Waals surface area contributed by atoms with Crippen LogP contribution in [-0.2, 0) is 0 Å². The van der Waals surface area contributed by atoms with Crippen LogP contribution < -0.4 is 10.4 Å². The van der Waals surface area contributed by atoms with E-state index in [2.05, 4.69) is 4.99 Å². The molecule has 0 spiro atoms. The Morgan fingerprint density at radius 1 is 1.43 bits per heavy atom. The fourth-order valence-electron chi connectivity index (χ4n) is 1.56. The molecule has 4 heteroatoms. The molecule has 1 atom stereocenters. The van der Waals surface area contributed by atoms with Gasteiger partial charge in [0.2, 0.25) is 0 Å². The van der Waals surface area contributed by atoms with E-state index in [9.17, 15) is 5.21 Å². The predicted molar refractivity (Wildman–Crippen MR) is 59.3 cm³/mol. The molecule has 1 heterocycles. The number of nitrogens with two attached hydrogens (primary N) is 1. The molecular weight excluding hydrogens is 178 g/mol. The van der Waals surface area contributed by atoms with Crippen molar-refractivity contribution in [3.8, 4) is 0 Å². The van der Waals surface area contributed by atoms with Gasteiger partial charge < -0.3 is 10.9 Å². The van der Waals surface area contributed by atoms with Gasteiger partial charge in [0.25, 0.3) is 0 Å². The molecule has 0 saturated carbocycles. The van der Waals surface area contributed by atoms with E-state index in [4.69, 9.17) is 5.73 Å². The number of hydroxylamine groups is 2. The smallest absolute Gasteiger partial charge is 0.196 e. The first-order valence-electron chi connectivity index (χ1n) is 4.59. The standard InChI is InChI=1S/C10H13N3O/c1-7(2)13(14)6-12-9-5-8(11)3-4-10(9)13/h3-7H,11H2,1-2H3. The summed E-state index contributed by atoms with van der Waals surface area (Å²) in [6.07, 6.45) is 1.43. The summed E-state index contributed by atoms with van der Waals surface area (Å²) in [6.45, 7) is 3.76. The second-order valence-electron chi connectivity index (χ2n) is 3.80. The molecule has 0 aromatic heterocycles. The third-order valence-corrected chi connectivity index (χ3v) is 2.51. The van der Waals surface area contributed by atoms with Gasteiger partial charge in [0, 0.05) is 11.8 Å². The zero-order chi connectivity index (χ0) is 10.3. The molecule has 1 aromatic carbocycles. The van der Waals surface area contributed by atoms with Crippen molar-refractivity contribution in [2.24, 2.45) is 4.99 Å². The van der Waals surface area contributed by atoms with Crippen molar-refractivity contribution in [3.63, 3.8) is 0 Å². The van der Waals surface area contributed by atoms with Crippen LogP contribution in [0.1, 0.15) is 13.8 Å². The van der Waals surface area contributed by atoms with Gasteiger partial charge in [-0.05, 0) is 26.0 Å². The molecule has 0 fully saturated rings. The quantitative estimate of drug-likeness (QED) is 0.420. The van der Waals surface area contributed by atoms with Crippen LogP contribution in [0.25, 0.3) is 0 Å². The van der Waals surface area contributed by atoms with Gasteiger partial charge in [0.1, 0.15) is 5.69 Å². The van der Waals surface area contributed by atoms with Crippen molar-refractivity contribution < 1.29 is 0 Å². The highest BCUT2D eigenvalue weighted by atomic mass is 16.5. The van der Waals surface area contributed by atoms with Crippen LogP contribution in [0.3, 0.4) is 0 Å². The first-order valence-corrected chi connectivity index (χ1v) is 4.59. The number of quaternary nitrogens is 1. The molecule has 74 valence electrons. The zero-order valence-electron chi connectivity index (χ0n) is 8.27. The number of hydrogen-bond acceptors (Lipinski definition) is 3. The molecule has 1 unspecified atom stereocenters. The van der Waals surface area contributed by atoms with Gasteiger partial charge in [0.15, 0.2) is 12.0 Å². The number of hydrogen-bond donors (Lipinski definition) is 1. The van der Waals surface area contributed by atoms with E-state index in [1.165, 1.54) is 6.34 Å². The molecule has 0 radical (unpaired) electrons. The second-order valence-corrected chi connectivity index (χ2v) is 3.80. The van der Waals surface area contributed by atoms with Crippen molar-refractivity contribution in [2.75, 3.05) is 5.73 Å². The number of fused-ring (bicyclic) bond motifs is 1. The molecule has 2 N–H and O–H groups in total. The topological polar surface area (TPSA) is 61.4 Å². The molecule has 1 aliphatic rings. The van der Waals surface area contributed by atoms with E-state index in [0.717, 1.165) is 0 Å². The Morgan fingerprint density at radius 3 is 2.79 bits per heavy atom. The lowest BCUT2D eigenvalue weighted by atomic mass is 10.2. The Hall–Kier alpha value is -1.39. The number of nitrogen functional groups attached to an aromatic ring is 1. The fourth-order valence-corrected chi connectivity index (χ4v) is 1.56. The molecule has 4 nitrogen and oxygen atoms in total. The first-order chi connectivity index (χ1) is 6.54. The Labute approximate surface area is 82.8 Å². The maximum absolute atomic E-state index is 12.3. The normalized spacial score (nSPS) is 24.3. The highest BCUT2D eigenvalue weighted by Gasteiger charge is 2.30. The Balaban J connectivity index is 2.55. The summed E-state index contributed by atoms with van der Waals surface area (Å²) in [5, 5.41) is 12.3. The number of anilines is 1. The number of benzene rings is 1. The number of rotatable bonds is 1. The summed E-state index contributed by atoms with van der Waals surface area (Å²) in [5.74, 6) is 0. The SMILES string of the molecule is CC(C)[N+]1([O-])C=Nc2cc(N)ccc21. The van der Waals surface area contributed by atoms with Gasteiger partial charge in [-0.15, -0.1) is 0 Å². The van der Waals surface area contributed by atoms with Crippen LogP contribution in [0.2, 0.25) is 0 Å². The van der Waals surface area contributed by atoms with Gasteiger partial charge in [-0.1, -0.05) is 0 Å². The Kier molecular flexibility index (Phi) is 1.83. The third-order valence-electron chi connectivity index (χ3n) is 2.51. The number of aliphatic imine (C=N–C) groups is 1. The van der Waals surface area contributed by atoms with E-state index in [1.54, 1.807) is 18.2 Å². The van der Waals surface area contributed by atoms with Crippen molar-refractivity contribution in [3.05, 3.63) is 23.4 Å². The van der Waals surface area contributed by atoms with Crippen molar-refractivity contribution in [1.82, 2.24) is 4.65 Å². The summed E-state index contributed by atoms with van der Waals surface area (Å²) < 4.78 is -0.490. The van der Waals surface area contributed by atoms with Crippen LogP contribution in [0.5, 0.6) is 0 Å².